The Morgan fingerprint density at radius 2 is 2.00 bits per heavy atom. The molecule has 0 atom stereocenters. The Kier molecular flexibility index (Phi) is 4.88. The van der Waals surface area contributed by atoms with E-state index in [1.165, 1.54) is 0 Å². The van der Waals surface area contributed by atoms with Crippen molar-refractivity contribution in [1.82, 2.24) is 5.32 Å². The van der Waals surface area contributed by atoms with Crippen LogP contribution in [0.1, 0.15) is 37.7 Å². The fourth-order valence-electron chi connectivity index (χ4n) is 2.83. The molecule has 21 heavy (non-hydrogen) atoms. The van der Waals surface area contributed by atoms with Crippen LogP contribution in [0.15, 0.2) is 22.7 Å². The van der Waals surface area contributed by atoms with E-state index in [4.69, 9.17) is 5.11 Å². The molecule has 0 aliphatic heterocycles. The first-order valence-electron chi connectivity index (χ1n) is 6.98. The number of nitrogens with one attached hydrogen (secondary N) is 2. The van der Waals surface area contributed by atoms with Crippen molar-refractivity contribution in [1.29, 1.82) is 0 Å². The second kappa shape index (κ2) is 6.47. The molecule has 3 N–H and O–H groups in total. The van der Waals surface area contributed by atoms with E-state index in [-0.39, 0.29) is 12.5 Å². The van der Waals surface area contributed by atoms with E-state index in [1.54, 1.807) is 6.07 Å². The van der Waals surface area contributed by atoms with Gasteiger partial charge in [0, 0.05) is 4.47 Å². The van der Waals surface area contributed by atoms with E-state index < -0.39 is 11.5 Å². The van der Waals surface area contributed by atoms with Gasteiger partial charge < -0.3 is 15.7 Å². The smallest absolute Gasteiger partial charge is 0.319 e. The Morgan fingerprint density at radius 1 is 1.33 bits per heavy atom. The van der Waals surface area contributed by atoms with E-state index >= 15 is 0 Å². The Balaban J connectivity index is 2.06. The zero-order valence-corrected chi connectivity index (χ0v) is 13.5. The number of aryl methyl sites for hydroxylation is 1. The highest BCUT2D eigenvalue weighted by Gasteiger charge is 2.37. The van der Waals surface area contributed by atoms with Gasteiger partial charge in [0.15, 0.2) is 0 Å². The third-order valence-electron chi connectivity index (χ3n) is 3.87. The number of benzene rings is 1. The number of anilines is 1. The number of rotatable bonds is 4. The van der Waals surface area contributed by atoms with E-state index in [0.717, 1.165) is 22.9 Å². The van der Waals surface area contributed by atoms with Crippen molar-refractivity contribution in [3.63, 3.8) is 0 Å². The Morgan fingerprint density at radius 3 is 2.62 bits per heavy atom. The molecule has 0 unspecified atom stereocenters. The maximum atomic E-state index is 12.2. The second-order valence-electron chi connectivity index (χ2n) is 5.57. The molecule has 0 radical (unpaired) electrons. The summed E-state index contributed by atoms with van der Waals surface area (Å²) in [6.45, 7) is 1.94. The van der Waals surface area contributed by atoms with E-state index in [1.807, 2.05) is 19.1 Å². The monoisotopic (exact) mass is 354 g/mol. The summed E-state index contributed by atoms with van der Waals surface area (Å²) in [7, 11) is 0. The number of carbonyl (C=O) groups is 2. The van der Waals surface area contributed by atoms with Gasteiger partial charge in [-0.15, -0.1) is 0 Å². The molecule has 1 aromatic rings. The topological polar surface area (TPSA) is 78.4 Å². The summed E-state index contributed by atoms with van der Waals surface area (Å²) in [5.41, 5.74) is 1.08. The zero-order chi connectivity index (χ0) is 15.5. The third-order valence-corrected chi connectivity index (χ3v) is 4.92. The van der Waals surface area contributed by atoms with Gasteiger partial charge in [0.05, 0.1) is 17.6 Å². The van der Waals surface area contributed by atoms with Gasteiger partial charge in [0.2, 0.25) is 0 Å². The van der Waals surface area contributed by atoms with E-state index in [0.29, 0.717) is 18.5 Å². The minimum absolute atomic E-state index is 0.0323. The third kappa shape index (κ3) is 3.97. The highest BCUT2D eigenvalue weighted by Crippen LogP contribution is 2.33. The standard InChI is InChI=1S/C15H19BrN2O3/c1-10-5-4-6-11(13(10)16)17-14(21)18-15(9-12(19)20)7-2-3-8-15/h4-6H,2-3,7-9H2,1H3,(H,19,20)(H2,17,18,21). The lowest BCUT2D eigenvalue weighted by atomic mass is 9.93. The van der Waals surface area contributed by atoms with Crippen LogP contribution in [0.3, 0.4) is 0 Å². The lowest BCUT2D eigenvalue weighted by Gasteiger charge is -2.28. The van der Waals surface area contributed by atoms with Gasteiger partial charge in [0.1, 0.15) is 0 Å². The van der Waals surface area contributed by atoms with Crippen molar-refractivity contribution in [2.45, 2.75) is 44.6 Å². The molecule has 1 aliphatic carbocycles. The number of carboxylic acid groups (broad SMARTS) is 1. The van der Waals surface area contributed by atoms with Gasteiger partial charge in [-0.3, -0.25) is 4.79 Å². The number of amides is 2. The molecule has 6 heteroatoms. The molecular weight excluding hydrogens is 336 g/mol. The molecule has 1 aliphatic rings. The van der Waals surface area contributed by atoms with Crippen LogP contribution >= 0.6 is 15.9 Å². The highest BCUT2D eigenvalue weighted by atomic mass is 79.9. The van der Waals surface area contributed by atoms with E-state index in [2.05, 4.69) is 26.6 Å². The second-order valence-corrected chi connectivity index (χ2v) is 6.37. The normalized spacial score (nSPS) is 16.5. The highest BCUT2D eigenvalue weighted by molar-refractivity contribution is 9.10. The lowest BCUT2D eigenvalue weighted by molar-refractivity contribution is -0.138. The minimum atomic E-state index is -0.881. The van der Waals surface area contributed by atoms with E-state index in [9.17, 15) is 9.59 Å². The predicted octanol–water partition coefficient (Wildman–Crippen LogP) is 3.67. The molecule has 5 nitrogen and oxygen atoms in total. The van der Waals surface area contributed by atoms with Crippen LogP contribution in [0.25, 0.3) is 0 Å². The molecule has 1 aromatic carbocycles. The lowest BCUT2D eigenvalue weighted by Crippen LogP contribution is -2.49. The van der Waals surface area contributed by atoms with Crippen LogP contribution in [0.5, 0.6) is 0 Å². The molecule has 2 amide bonds. The summed E-state index contributed by atoms with van der Waals surface area (Å²) >= 11 is 3.44. The Bertz CT molecular complexity index is 554. The number of aliphatic carboxylic acids is 1. The SMILES string of the molecule is Cc1cccc(NC(=O)NC2(CC(=O)O)CCCC2)c1Br. The van der Waals surface area contributed by atoms with Gasteiger partial charge in [-0.1, -0.05) is 25.0 Å². The predicted molar refractivity (Wildman–Crippen MR) is 84.5 cm³/mol. The van der Waals surface area contributed by atoms with Gasteiger partial charge in [0.25, 0.3) is 0 Å². The number of halogens is 1. The van der Waals surface area contributed by atoms with Crippen LogP contribution in [0, 0.1) is 6.92 Å². The Labute approximate surface area is 132 Å². The van der Waals surface area contributed by atoms with Crippen LogP contribution < -0.4 is 10.6 Å². The fourth-order valence-corrected chi connectivity index (χ4v) is 3.19. The molecule has 1 fully saturated rings. The molecule has 1 saturated carbocycles. The van der Waals surface area contributed by atoms with Gasteiger partial charge in [-0.25, -0.2) is 4.79 Å². The fraction of sp³-hybridized carbons (Fsp3) is 0.467. The Hall–Kier alpha value is -1.56. The van der Waals surface area contributed by atoms with Crippen molar-refractivity contribution in [2.75, 3.05) is 5.32 Å². The van der Waals surface area contributed by atoms with Crippen LogP contribution in [-0.2, 0) is 4.79 Å². The molecular formula is C15H19BrN2O3. The minimum Gasteiger partial charge on any atom is -0.481 e. The molecule has 0 saturated heterocycles. The van der Waals surface area contributed by atoms with Gasteiger partial charge >= 0.3 is 12.0 Å². The average molecular weight is 355 g/mol. The van der Waals surface area contributed by atoms with Gasteiger partial charge in [-0.05, 0) is 47.3 Å². The van der Waals surface area contributed by atoms with Crippen molar-refractivity contribution in [3.05, 3.63) is 28.2 Å². The largest absolute Gasteiger partial charge is 0.481 e. The van der Waals surface area contributed by atoms with Crippen LogP contribution in [0.4, 0.5) is 10.5 Å². The molecule has 2 rings (SSSR count). The summed E-state index contributed by atoms with van der Waals surface area (Å²) in [6, 6.07) is 5.24. The van der Waals surface area contributed by atoms with Crippen molar-refractivity contribution >= 4 is 33.6 Å². The molecule has 0 aromatic heterocycles. The zero-order valence-electron chi connectivity index (χ0n) is 11.9. The molecule has 114 valence electrons. The van der Waals surface area contributed by atoms with Crippen LogP contribution in [0.2, 0.25) is 0 Å². The first kappa shape index (κ1) is 15.8. The van der Waals surface area contributed by atoms with Gasteiger partial charge in [-0.2, -0.15) is 0 Å². The first-order valence-corrected chi connectivity index (χ1v) is 7.77. The summed E-state index contributed by atoms with van der Waals surface area (Å²) in [4.78, 5) is 23.2. The number of hydrogen-bond acceptors (Lipinski definition) is 2. The van der Waals surface area contributed by atoms with Crippen molar-refractivity contribution in [3.8, 4) is 0 Å². The number of urea groups is 1. The summed E-state index contributed by atoms with van der Waals surface area (Å²) in [6.07, 6.45) is 3.28. The first-order chi connectivity index (χ1) is 9.92. The maximum absolute atomic E-state index is 12.2. The van der Waals surface area contributed by atoms with Crippen LogP contribution in [-0.4, -0.2) is 22.6 Å². The maximum Gasteiger partial charge on any atom is 0.319 e. The molecule has 0 heterocycles. The number of carboxylic acids is 1. The van der Waals surface area contributed by atoms with Crippen molar-refractivity contribution < 1.29 is 14.7 Å². The molecule has 0 bridgehead atoms. The molecule has 0 spiro atoms. The number of hydrogen-bond donors (Lipinski definition) is 3. The number of carbonyl (C=O) groups excluding carboxylic acids is 1. The summed E-state index contributed by atoms with van der Waals surface area (Å²) < 4.78 is 0.832. The quantitative estimate of drug-likeness (QED) is 0.771. The van der Waals surface area contributed by atoms with Crippen molar-refractivity contribution in [2.24, 2.45) is 0 Å². The summed E-state index contributed by atoms with van der Waals surface area (Å²) in [5.74, 6) is -0.881. The summed E-state index contributed by atoms with van der Waals surface area (Å²) in [5, 5.41) is 14.7. The average Bonchev–Trinajstić information content (AvgIpc) is 2.82.